The van der Waals surface area contributed by atoms with Crippen molar-refractivity contribution in [1.82, 2.24) is 4.90 Å². The number of nitrogens with zero attached hydrogens (tertiary/aromatic N) is 2. The van der Waals surface area contributed by atoms with Crippen molar-refractivity contribution in [1.29, 1.82) is 0 Å². The Bertz CT molecular complexity index is 922. The van der Waals surface area contributed by atoms with Crippen LogP contribution in [0.4, 0.5) is 5.69 Å². The third kappa shape index (κ3) is 7.02. The van der Waals surface area contributed by atoms with Crippen molar-refractivity contribution in [2.45, 2.75) is 6.04 Å². The first-order valence-electron chi connectivity index (χ1n) is 10.4. The molecule has 1 fully saturated rings. The second kappa shape index (κ2) is 13.3. The first-order valence-corrected chi connectivity index (χ1v) is 10.4. The summed E-state index contributed by atoms with van der Waals surface area (Å²) in [4.78, 5) is 6.97. The van der Waals surface area contributed by atoms with Crippen LogP contribution in [0.1, 0.15) is 11.6 Å². The molecule has 0 saturated carbocycles. The highest BCUT2D eigenvalue weighted by Gasteiger charge is 2.24. The first-order chi connectivity index (χ1) is 15.6. The Kier molecular flexibility index (Phi) is 10.8. The van der Waals surface area contributed by atoms with Crippen LogP contribution >= 0.6 is 24.0 Å². The van der Waals surface area contributed by atoms with Crippen LogP contribution in [-0.4, -0.2) is 72.1 Å². The number of benzene rings is 2. The van der Waals surface area contributed by atoms with E-state index in [1.54, 1.807) is 28.4 Å². The number of morpholine rings is 1. The van der Waals surface area contributed by atoms with Crippen LogP contribution in [0.3, 0.4) is 0 Å². The highest BCUT2D eigenvalue weighted by atomic mass is 127. The zero-order valence-electron chi connectivity index (χ0n) is 19.5. The third-order valence-electron chi connectivity index (χ3n) is 5.37. The summed E-state index contributed by atoms with van der Waals surface area (Å²) in [5.74, 6) is 2.95. The number of ether oxygens (including phenoxy) is 5. The minimum atomic E-state index is 0. The van der Waals surface area contributed by atoms with Gasteiger partial charge in [0, 0.05) is 24.8 Å². The maximum Gasteiger partial charge on any atom is 0.193 e. The van der Waals surface area contributed by atoms with Crippen LogP contribution < -0.4 is 30.0 Å². The van der Waals surface area contributed by atoms with Crippen molar-refractivity contribution >= 4 is 35.6 Å². The summed E-state index contributed by atoms with van der Waals surface area (Å²) in [7, 11) is 6.45. The molecule has 0 aliphatic carbocycles. The number of rotatable bonds is 9. The van der Waals surface area contributed by atoms with Crippen molar-refractivity contribution in [3.63, 3.8) is 0 Å². The molecule has 3 N–H and O–H groups in total. The van der Waals surface area contributed by atoms with Gasteiger partial charge in [-0.25, -0.2) is 0 Å². The van der Waals surface area contributed by atoms with E-state index in [1.807, 2.05) is 36.4 Å². The van der Waals surface area contributed by atoms with Crippen LogP contribution in [0, 0.1) is 0 Å². The lowest BCUT2D eigenvalue weighted by Gasteiger charge is -2.34. The number of hydrogen-bond donors (Lipinski definition) is 2. The summed E-state index contributed by atoms with van der Waals surface area (Å²) >= 11 is 0. The molecule has 182 valence electrons. The molecule has 1 heterocycles. The first kappa shape index (κ1) is 26.8. The molecule has 1 aliphatic rings. The number of aliphatic imine (C=N–C) groups is 1. The summed E-state index contributed by atoms with van der Waals surface area (Å²) < 4.78 is 27.0. The summed E-state index contributed by atoms with van der Waals surface area (Å²) in [6, 6.07) is 11.4. The Balaban J connectivity index is 0.00000385. The van der Waals surface area contributed by atoms with E-state index in [0.717, 1.165) is 24.3 Å². The molecular formula is C23H33IN4O5. The molecule has 9 nitrogen and oxygen atoms in total. The molecule has 1 aliphatic heterocycles. The van der Waals surface area contributed by atoms with E-state index in [9.17, 15) is 0 Å². The van der Waals surface area contributed by atoms with E-state index in [0.29, 0.717) is 48.7 Å². The Morgan fingerprint density at radius 2 is 1.52 bits per heavy atom. The average molecular weight is 572 g/mol. The monoisotopic (exact) mass is 572 g/mol. The Labute approximate surface area is 212 Å². The second-order valence-electron chi connectivity index (χ2n) is 7.20. The van der Waals surface area contributed by atoms with Crippen LogP contribution in [0.25, 0.3) is 0 Å². The van der Waals surface area contributed by atoms with Gasteiger partial charge in [-0.15, -0.1) is 24.0 Å². The van der Waals surface area contributed by atoms with E-state index in [-0.39, 0.29) is 30.0 Å². The summed E-state index contributed by atoms with van der Waals surface area (Å²) in [5.41, 5.74) is 8.04. The minimum absolute atomic E-state index is 0. The molecule has 0 bridgehead atoms. The van der Waals surface area contributed by atoms with Gasteiger partial charge in [-0.1, -0.05) is 6.07 Å². The Hall–Kier alpha value is -2.44. The van der Waals surface area contributed by atoms with Gasteiger partial charge in [0.2, 0.25) is 0 Å². The maximum absolute atomic E-state index is 6.20. The van der Waals surface area contributed by atoms with E-state index in [2.05, 4.69) is 15.2 Å². The number of guanidine groups is 1. The van der Waals surface area contributed by atoms with Gasteiger partial charge in [-0.2, -0.15) is 0 Å². The van der Waals surface area contributed by atoms with Gasteiger partial charge in [-0.05, 0) is 29.8 Å². The smallest absolute Gasteiger partial charge is 0.193 e. The second-order valence-corrected chi connectivity index (χ2v) is 7.20. The topological polar surface area (TPSA) is 99.8 Å². The van der Waals surface area contributed by atoms with Gasteiger partial charge in [0.15, 0.2) is 29.0 Å². The van der Waals surface area contributed by atoms with Crippen LogP contribution in [0.5, 0.6) is 23.0 Å². The van der Waals surface area contributed by atoms with E-state index in [1.165, 1.54) is 0 Å². The quantitative estimate of drug-likeness (QED) is 0.269. The van der Waals surface area contributed by atoms with E-state index >= 15 is 0 Å². The number of hydrogen-bond acceptors (Lipinski definition) is 7. The zero-order chi connectivity index (χ0) is 22.9. The zero-order valence-corrected chi connectivity index (χ0v) is 21.8. The van der Waals surface area contributed by atoms with Crippen molar-refractivity contribution in [3.8, 4) is 23.0 Å². The molecule has 3 rings (SSSR count). The van der Waals surface area contributed by atoms with Crippen molar-refractivity contribution in [3.05, 3.63) is 42.0 Å². The highest BCUT2D eigenvalue weighted by Crippen LogP contribution is 2.33. The third-order valence-corrected chi connectivity index (χ3v) is 5.37. The molecule has 1 unspecified atom stereocenters. The molecule has 0 amide bonds. The van der Waals surface area contributed by atoms with E-state index < -0.39 is 0 Å². The maximum atomic E-state index is 6.20. The lowest BCUT2D eigenvalue weighted by atomic mass is 10.0. The molecule has 2 aromatic carbocycles. The fourth-order valence-corrected chi connectivity index (χ4v) is 3.67. The Morgan fingerprint density at radius 3 is 2.12 bits per heavy atom. The molecule has 33 heavy (non-hydrogen) atoms. The molecule has 0 spiro atoms. The summed E-state index contributed by atoms with van der Waals surface area (Å²) in [6.07, 6.45) is 0. The SMILES string of the molecule is COc1ccc(NC(N)=NCC(c2ccc(OC)c(OC)c2)N2CCOCC2)cc1OC.I. The number of nitrogens with one attached hydrogen (secondary N) is 1. The molecule has 1 atom stereocenters. The molecule has 10 heteroatoms. The largest absolute Gasteiger partial charge is 0.493 e. The number of halogens is 1. The number of methoxy groups -OCH3 is 4. The predicted molar refractivity (Wildman–Crippen MR) is 140 cm³/mol. The number of nitrogens with two attached hydrogens (primary N) is 1. The molecule has 1 saturated heterocycles. The summed E-state index contributed by atoms with van der Waals surface area (Å²) in [5, 5.41) is 3.12. The van der Waals surface area contributed by atoms with Gasteiger partial charge in [0.25, 0.3) is 0 Å². The average Bonchev–Trinajstić information content (AvgIpc) is 2.84. The molecule has 2 aromatic rings. The van der Waals surface area contributed by atoms with E-state index in [4.69, 9.17) is 29.4 Å². The van der Waals surface area contributed by atoms with Gasteiger partial charge >= 0.3 is 0 Å². The Morgan fingerprint density at radius 1 is 0.939 bits per heavy atom. The van der Waals surface area contributed by atoms with Crippen LogP contribution in [0.15, 0.2) is 41.4 Å². The standard InChI is InChI=1S/C23H32N4O5.HI/c1-28-19-7-5-16(13-21(19)30-3)18(27-9-11-32-12-10-27)15-25-23(24)26-17-6-8-20(29-2)22(14-17)31-4;/h5-8,13-14,18H,9-12,15H2,1-4H3,(H3,24,25,26);1H. The van der Waals surface area contributed by atoms with Gasteiger partial charge in [-0.3, -0.25) is 9.89 Å². The van der Waals surface area contributed by atoms with Crippen molar-refractivity contribution in [2.75, 3.05) is 66.6 Å². The minimum Gasteiger partial charge on any atom is -0.493 e. The fourth-order valence-electron chi connectivity index (χ4n) is 3.67. The lowest BCUT2D eigenvalue weighted by Crippen LogP contribution is -2.40. The summed E-state index contributed by atoms with van der Waals surface area (Å²) in [6.45, 7) is 3.48. The molecular weight excluding hydrogens is 539 g/mol. The van der Waals surface area contributed by atoms with Gasteiger partial charge < -0.3 is 34.7 Å². The predicted octanol–water partition coefficient (Wildman–Crippen LogP) is 3.14. The van der Waals surface area contributed by atoms with Crippen molar-refractivity contribution < 1.29 is 23.7 Å². The fraction of sp³-hybridized carbons (Fsp3) is 0.435. The number of anilines is 1. The molecule has 0 radical (unpaired) electrons. The van der Waals surface area contributed by atoms with Crippen LogP contribution in [-0.2, 0) is 4.74 Å². The van der Waals surface area contributed by atoms with Crippen LogP contribution in [0.2, 0.25) is 0 Å². The molecule has 0 aromatic heterocycles. The highest BCUT2D eigenvalue weighted by molar-refractivity contribution is 14.0. The normalized spacial score (nSPS) is 15.2. The van der Waals surface area contributed by atoms with Gasteiger partial charge in [0.05, 0.1) is 54.2 Å². The van der Waals surface area contributed by atoms with Crippen molar-refractivity contribution in [2.24, 2.45) is 10.7 Å². The van der Waals surface area contributed by atoms with Gasteiger partial charge in [0.1, 0.15) is 0 Å². The lowest BCUT2D eigenvalue weighted by molar-refractivity contribution is 0.0179.